The number of nitrogens with zero attached hydrogens (tertiary/aromatic N) is 2. The summed E-state index contributed by atoms with van der Waals surface area (Å²) in [5.41, 5.74) is 4.64. The summed E-state index contributed by atoms with van der Waals surface area (Å²) in [6.07, 6.45) is 1.47. The van der Waals surface area contributed by atoms with E-state index >= 15 is 0 Å². The summed E-state index contributed by atoms with van der Waals surface area (Å²) in [5, 5.41) is 10.4. The van der Waals surface area contributed by atoms with Gasteiger partial charge < -0.3 is 5.32 Å². The Hall–Kier alpha value is -2.60. The lowest BCUT2D eigenvalue weighted by Gasteiger charge is -2.12. The number of carbonyl (C=O) groups excluding carboxylic acids is 1. The number of carbonyl (C=O) groups is 1. The smallest absolute Gasteiger partial charge is 0.255 e. The second-order valence-corrected chi connectivity index (χ2v) is 6.47. The van der Waals surface area contributed by atoms with E-state index < -0.39 is 0 Å². The number of anilines is 1. The summed E-state index contributed by atoms with van der Waals surface area (Å²) in [6, 6.07) is 13.6. The molecule has 0 aliphatic carbocycles. The number of aryl methyl sites for hydroxylation is 2. The maximum Gasteiger partial charge on any atom is 0.255 e. The molecule has 2 aromatic carbocycles. The monoisotopic (exact) mass is 338 g/mol. The van der Waals surface area contributed by atoms with Crippen molar-refractivity contribution in [1.82, 2.24) is 15.2 Å². The third-order valence-electron chi connectivity index (χ3n) is 3.66. The molecule has 24 heavy (non-hydrogen) atoms. The van der Waals surface area contributed by atoms with Crippen molar-refractivity contribution >= 4 is 23.4 Å². The van der Waals surface area contributed by atoms with Gasteiger partial charge >= 0.3 is 0 Å². The van der Waals surface area contributed by atoms with Crippen molar-refractivity contribution < 1.29 is 4.79 Å². The van der Waals surface area contributed by atoms with E-state index in [1.165, 1.54) is 18.1 Å². The maximum absolute atomic E-state index is 12.7. The lowest BCUT2D eigenvalue weighted by molar-refractivity contribution is 0.102. The van der Waals surface area contributed by atoms with Crippen LogP contribution in [0.15, 0.2) is 53.9 Å². The number of benzene rings is 2. The molecule has 0 unspecified atom stereocenters. The van der Waals surface area contributed by atoms with Gasteiger partial charge in [-0.3, -0.25) is 9.89 Å². The SMILES string of the molecule is Cc1ccc(C)c(NC(=O)c2ccccc2CSc2ncn[nH]2)c1. The molecule has 1 heterocycles. The molecule has 0 spiro atoms. The molecule has 5 nitrogen and oxygen atoms in total. The minimum absolute atomic E-state index is 0.0996. The lowest BCUT2D eigenvalue weighted by Crippen LogP contribution is -2.15. The van der Waals surface area contributed by atoms with Crippen LogP contribution in [-0.4, -0.2) is 21.1 Å². The highest BCUT2D eigenvalue weighted by atomic mass is 32.2. The molecule has 122 valence electrons. The standard InChI is InChI=1S/C18H18N4OS/c1-12-7-8-13(2)16(9-12)21-17(23)15-6-4-3-5-14(15)10-24-18-19-11-20-22-18/h3-9,11H,10H2,1-2H3,(H,21,23)(H,19,20,22). The van der Waals surface area contributed by atoms with Crippen molar-refractivity contribution in [3.05, 3.63) is 71.0 Å². The van der Waals surface area contributed by atoms with Gasteiger partial charge in [0.2, 0.25) is 0 Å². The van der Waals surface area contributed by atoms with Gasteiger partial charge in [0.05, 0.1) is 0 Å². The van der Waals surface area contributed by atoms with Crippen LogP contribution in [0.3, 0.4) is 0 Å². The minimum Gasteiger partial charge on any atom is -0.322 e. The summed E-state index contributed by atoms with van der Waals surface area (Å²) in [5.74, 6) is 0.545. The first-order valence-electron chi connectivity index (χ1n) is 7.58. The van der Waals surface area contributed by atoms with Crippen LogP contribution in [0.2, 0.25) is 0 Å². The van der Waals surface area contributed by atoms with Gasteiger partial charge in [0, 0.05) is 17.0 Å². The number of aromatic amines is 1. The van der Waals surface area contributed by atoms with E-state index in [9.17, 15) is 4.79 Å². The molecule has 0 fully saturated rings. The molecule has 1 aromatic heterocycles. The second-order valence-electron chi connectivity index (χ2n) is 5.51. The Morgan fingerprint density at radius 1 is 1.21 bits per heavy atom. The van der Waals surface area contributed by atoms with Gasteiger partial charge in [-0.1, -0.05) is 42.1 Å². The Morgan fingerprint density at radius 3 is 2.83 bits per heavy atom. The Kier molecular flexibility index (Phi) is 4.96. The van der Waals surface area contributed by atoms with E-state index in [4.69, 9.17) is 0 Å². The molecule has 6 heteroatoms. The highest BCUT2D eigenvalue weighted by Gasteiger charge is 2.13. The fourth-order valence-corrected chi connectivity index (χ4v) is 3.12. The zero-order valence-corrected chi connectivity index (χ0v) is 14.4. The number of thioether (sulfide) groups is 1. The van der Waals surface area contributed by atoms with Crippen LogP contribution in [0.1, 0.15) is 27.0 Å². The molecule has 0 radical (unpaired) electrons. The molecule has 2 N–H and O–H groups in total. The van der Waals surface area contributed by atoms with Crippen molar-refractivity contribution in [1.29, 1.82) is 0 Å². The van der Waals surface area contributed by atoms with Crippen LogP contribution >= 0.6 is 11.8 Å². The number of hydrogen-bond donors (Lipinski definition) is 2. The van der Waals surface area contributed by atoms with Crippen molar-refractivity contribution in [2.45, 2.75) is 24.8 Å². The summed E-state index contributed by atoms with van der Waals surface area (Å²) < 4.78 is 0. The fourth-order valence-electron chi connectivity index (χ4n) is 2.34. The van der Waals surface area contributed by atoms with Gasteiger partial charge in [-0.25, -0.2) is 4.98 Å². The van der Waals surface area contributed by atoms with Gasteiger partial charge in [-0.15, -0.1) is 0 Å². The number of hydrogen-bond acceptors (Lipinski definition) is 4. The molecule has 0 aliphatic rings. The molecule has 0 saturated carbocycles. The van der Waals surface area contributed by atoms with E-state index in [-0.39, 0.29) is 5.91 Å². The largest absolute Gasteiger partial charge is 0.322 e. The Balaban J connectivity index is 1.78. The van der Waals surface area contributed by atoms with Crippen LogP contribution in [0, 0.1) is 13.8 Å². The van der Waals surface area contributed by atoms with E-state index in [1.807, 2.05) is 56.3 Å². The summed E-state index contributed by atoms with van der Waals surface area (Å²) in [4.78, 5) is 16.8. The average Bonchev–Trinajstić information content (AvgIpc) is 3.10. The van der Waals surface area contributed by atoms with Crippen LogP contribution < -0.4 is 5.32 Å². The fraction of sp³-hybridized carbons (Fsp3) is 0.167. The van der Waals surface area contributed by atoms with E-state index in [0.717, 1.165) is 27.5 Å². The first-order valence-corrected chi connectivity index (χ1v) is 8.57. The molecule has 1 amide bonds. The molecule has 3 aromatic rings. The molecule has 0 aliphatic heterocycles. The highest BCUT2D eigenvalue weighted by molar-refractivity contribution is 7.98. The van der Waals surface area contributed by atoms with Crippen molar-refractivity contribution in [2.75, 3.05) is 5.32 Å². The first-order chi connectivity index (χ1) is 11.6. The molecule has 0 bridgehead atoms. The number of H-pyrrole nitrogens is 1. The van der Waals surface area contributed by atoms with Crippen LogP contribution in [0.25, 0.3) is 0 Å². The third kappa shape index (κ3) is 3.83. The molecule has 3 rings (SSSR count). The normalized spacial score (nSPS) is 10.6. The summed E-state index contributed by atoms with van der Waals surface area (Å²) in [6.45, 7) is 4.00. The van der Waals surface area contributed by atoms with Gasteiger partial charge in [-0.05, 0) is 42.7 Å². The maximum atomic E-state index is 12.7. The molecule has 0 saturated heterocycles. The third-order valence-corrected chi connectivity index (χ3v) is 4.59. The van der Waals surface area contributed by atoms with Crippen molar-refractivity contribution in [2.24, 2.45) is 0 Å². The molecular formula is C18H18N4OS. The Labute approximate surface area is 144 Å². The topological polar surface area (TPSA) is 70.7 Å². The highest BCUT2D eigenvalue weighted by Crippen LogP contribution is 2.23. The van der Waals surface area contributed by atoms with Gasteiger partial charge in [0.15, 0.2) is 5.16 Å². The van der Waals surface area contributed by atoms with E-state index in [1.54, 1.807) is 0 Å². The quantitative estimate of drug-likeness (QED) is 0.691. The van der Waals surface area contributed by atoms with E-state index in [0.29, 0.717) is 11.3 Å². The lowest BCUT2D eigenvalue weighted by atomic mass is 10.1. The van der Waals surface area contributed by atoms with Crippen LogP contribution in [-0.2, 0) is 5.75 Å². The van der Waals surface area contributed by atoms with Gasteiger partial charge in [0.1, 0.15) is 6.33 Å². The van der Waals surface area contributed by atoms with Crippen molar-refractivity contribution in [3.8, 4) is 0 Å². The Bertz CT molecular complexity index is 846. The Morgan fingerprint density at radius 2 is 2.04 bits per heavy atom. The van der Waals surface area contributed by atoms with E-state index in [2.05, 4.69) is 20.5 Å². The number of aromatic nitrogens is 3. The predicted molar refractivity (Wildman–Crippen MR) is 96.3 cm³/mol. The zero-order chi connectivity index (χ0) is 16.9. The average molecular weight is 338 g/mol. The number of nitrogens with one attached hydrogen (secondary N) is 2. The second kappa shape index (κ2) is 7.31. The predicted octanol–water partition coefficient (Wildman–Crippen LogP) is 3.97. The zero-order valence-electron chi connectivity index (χ0n) is 13.5. The minimum atomic E-state index is -0.0996. The number of amides is 1. The van der Waals surface area contributed by atoms with Gasteiger partial charge in [0.25, 0.3) is 5.91 Å². The summed E-state index contributed by atoms with van der Waals surface area (Å²) in [7, 11) is 0. The summed E-state index contributed by atoms with van der Waals surface area (Å²) >= 11 is 1.51. The van der Waals surface area contributed by atoms with Gasteiger partial charge in [-0.2, -0.15) is 5.10 Å². The first kappa shape index (κ1) is 16.3. The van der Waals surface area contributed by atoms with Crippen LogP contribution in [0.4, 0.5) is 5.69 Å². The molecule has 0 atom stereocenters. The molecular weight excluding hydrogens is 320 g/mol. The van der Waals surface area contributed by atoms with Crippen LogP contribution in [0.5, 0.6) is 0 Å². The van der Waals surface area contributed by atoms with Crippen molar-refractivity contribution in [3.63, 3.8) is 0 Å². The number of rotatable bonds is 5.